The van der Waals surface area contributed by atoms with E-state index in [4.69, 9.17) is 16.2 Å². The molecule has 0 radical (unpaired) electrons. The van der Waals surface area contributed by atoms with Gasteiger partial charge in [-0.15, -0.1) is 5.10 Å². The minimum Gasteiger partial charge on any atom is -0.497 e. The molecule has 0 bridgehead atoms. The minimum absolute atomic E-state index is 0.0615. The van der Waals surface area contributed by atoms with Crippen molar-refractivity contribution in [2.45, 2.75) is 13.8 Å². The van der Waals surface area contributed by atoms with Gasteiger partial charge in [-0.1, -0.05) is 0 Å². The number of rotatable bonds is 3. The molecule has 0 saturated heterocycles. The number of nitrogens with two attached hydrogens (primary N) is 2. The first-order chi connectivity index (χ1) is 11.0. The van der Waals surface area contributed by atoms with Crippen LogP contribution in [0.5, 0.6) is 5.75 Å². The van der Waals surface area contributed by atoms with Crippen molar-refractivity contribution in [1.82, 2.24) is 4.98 Å². The number of ether oxygens (including phenoxy) is 1. The van der Waals surface area contributed by atoms with Gasteiger partial charge in [-0.25, -0.2) is 0 Å². The van der Waals surface area contributed by atoms with E-state index in [9.17, 15) is 0 Å². The lowest BCUT2D eigenvalue weighted by Crippen LogP contribution is -2.21. The number of fused-ring (bicyclic) bond motifs is 3. The Bertz CT molecular complexity index is 949. The Labute approximate surface area is 133 Å². The van der Waals surface area contributed by atoms with Crippen LogP contribution >= 0.6 is 0 Å². The molecular weight excluding hydrogens is 290 g/mol. The minimum atomic E-state index is -0.0615. The molecule has 3 rings (SSSR count). The zero-order valence-electron chi connectivity index (χ0n) is 13.3. The third-order valence-electron chi connectivity index (χ3n) is 3.95. The van der Waals surface area contributed by atoms with Crippen molar-refractivity contribution in [1.29, 1.82) is 0 Å². The number of guanidine groups is 1. The number of methoxy groups -OCH3 is 1. The van der Waals surface area contributed by atoms with Crippen LogP contribution in [0.25, 0.3) is 21.8 Å². The maximum Gasteiger partial charge on any atom is 0.211 e. The Morgan fingerprint density at radius 2 is 2.00 bits per heavy atom. The molecule has 6 heteroatoms. The van der Waals surface area contributed by atoms with E-state index in [0.29, 0.717) is 0 Å². The number of hydrogen-bond acceptors (Lipinski definition) is 3. The second-order valence-corrected chi connectivity index (χ2v) is 5.46. The van der Waals surface area contributed by atoms with Crippen LogP contribution in [0.4, 0.5) is 0 Å². The number of aromatic amines is 1. The standard InChI is InChI=1S/C17H19N5O/c1-9-6-11(8-20-22-17(18)19)10(2)15-13-7-12(23-3)4-5-14(13)21-16(9)15/h4-8,21H,1-3H3,(H4,18,19,22). The lowest BCUT2D eigenvalue weighted by atomic mass is 9.99. The van der Waals surface area contributed by atoms with Gasteiger partial charge in [0, 0.05) is 21.8 Å². The fraction of sp³-hybridized carbons (Fsp3) is 0.176. The molecule has 0 unspecified atom stereocenters. The lowest BCUT2D eigenvalue weighted by Gasteiger charge is -2.06. The first kappa shape index (κ1) is 14.9. The average Bonchev–Trinajstić information content (AvgIpc) is 2.91. The summed E-state index contributed by atoms with van der Waals surface area (Å²) in [6.45, 7) is 4.12. The van der Waals surface area contributed by atoms with Gasteiger partial charge in [-0.2, -0.15) is 5.10 Å². The van der Waals surface area contributed by atoms with E-state index in [1.54, 1.807) is 13.3 Å². The summed E-state index contributed by atoms with van der Waals surface area (Å²) in [6.07, 6.45) is 1.67. The van der Waals surface area contributed by atoms with Crippen molar-refractivity contribution in [3.63, 3.8) is 0 Å². The van der Waals surface area contributed by atoms with E-state index in [-0.39, 0.29) is 5.96 Å². The number of nitrogens with one attached hydrogen (secondary N) is 1. The molecule has 0 spiro atoms. The van der Waals surface area contributed by atoms with Crippen molar-refractivity contribution >= 4 is 34.0 Å². The maximum absolute atomic E-state index is 5.35. The molecule has 1 aromatic heterocycles. The smallest absolute Gasteiger partial charge is 0.211 e. The van der Waals surface area contributed by atoms with E-state index < -0.39 is 0 Å². The molecule has 5 N–H and O–H groups in total. The Morgan fingerprint density at radius 1 is 1.22 bits per heavy atom. The van der Waals surface area contributed by atoms with Crippen LogP contribution in [-0.4, -0.2) is 24.3 Å². The first-order valence-electron chi connectivity index (χ1n) is 7.23. The number of nitrogens with zero attached hydrogens (tertiary/aromatic N) is 2. The molecule has 6 nitrogen and oxygen atoms in total. The number of benzene rings is 2. The van der Waals surface area contributed by atoms with E-state index >= 15 is 0 Å². The quantitative estimate of drug-likeness (QED) is 0.393. The highest BCUT2D eigenvalue weighted by atomic mass is 16.5. The van der Waals surface area contributed by atoms with E-state index in [1.165, 1.54) is 0 Å². The molecule has 1 heterocycles. The van der Waals surface area contributed by atoms with Crippen molar-refractivity contribution in [3.05, 3.63) is 41.0 Å². The molecule has 0 aliphatic heterocycles. The number of aromatic nitrogens is 1. The highest BCUT2D eigenvalue weighted by molar-refractivity contribution is 6.12. The SMILES string of the molecule is COc1ccc2[nH]c3c(C)cc(C=NN=C(N)N)c(C)c3c2c1. The number of hydrogen-bond donors (Lipinski definition) is 3. The lowest BCUT2D eigenvalue weighted by molar-refractivity contribution is 0.415. The van der Waals surface area contributed by atoms with Crippen LogP contribution in [-0.2, 0) is 0 Å². The molecule has 0 aliphatic carbocycles. The zero-order chi connectivity index (χ0) is 16.6. The summed E-state index contributed by atoms with van der Waals surface area (Å²) in [5.74, 6) is 0.767. The highest BCUT2D eigenvalue weighted by Crippen LogP contribution is 2.33. The van der Waals surface area contributed by atoms with Gasteiger partial charge in [0.2, 0.25) is 5.96 Å². The van der Waals surface area contributed by atoms with Crippen LogP contribution < -0.4 is 16.2 Å². The zero-order valence-corrected chi connectivity index (χ0v) is 13.3. The maximum atomic E-state index is 5.35. The topological polar surface area (TPSA) is 102 Å². The van der Waals surface area contributed by atoms with Crippen molar-refractivity contribution < 1.29 is 4.74 Å². The van der Waals surface area contributed by atoms with Gasteiger partial charge in [0.25, 0.3) is 0 Å². The summed E-state index contributed by atoms with van der Waals surface area (Å²) < 4.78 is 5.35. The molecule has 0 amide bonds. The highest BCUT2D eigenvalue weighted by Gasteiger charge is 2.12. The van der Waals surface area contributed by atoms with E-state index in [1.807, 2.05) is 18.2 Å². The molecule has 23 heavy (non-hydrogen) atoms. The largest absolute Gasteiger partial charge is 0.497 e. The molecule has 118 valence electrons. The van der Waals surface area contributed by atoms with Crippen molar-refractivity contribution in [2.75, 3.05) is 7.11 Å². The summed E-state index contributed by atoms with van der Waals surface area (Å²) in [7, 11) is 1.67. The van der Waals surface area contributed by atoms with Crippen LogP contribution in [0.1, 0.15) is 16.7 Å². The number of H-pyrrole nitrogens is 1. The first-order valence-corrected chi connectivity index (χ1v) is 7.23. The van der Waals surface area contributed by atoms with Gasteiger partial charge in [0.1, 0.15) is 5.75 Å². The van der Waals surface area contributed by atoms with Gasteiger partial charge in [-0.3, -0.25) is 0 Å². The van der Waals surface area contributed by atoms with Gasteiger partial charge in [0.15, 0.2) is 0 Å². The van der Waals surface area contributed by atoms with Crippen LogP contribution in [0.2, 0.25) is 0 Å². The van der Waals surface area contributed by atoms with Crippen molar-refractivity contribution in [3.8, 4) is 5.75 Å². The average molecular weight is 309 g/mol. The Kier molecular flexibility index (Phi) is 3.65. The van der Waals surface area contributed by atoms with Gasteiger partial charge in [0.05, 0.1) is 13.3 Å². The Balaban J connectivity index is 2.29. The predicted molar refractivity (Wildman–Crippen MR) is 95.2 cm³/mol. The summed E-state index contributed by atoms with van der Waals surface area (Å²) in [5.41, 5.74) is 16.0. The molecule has 0 aliphatic rings. The van der Waals surface area contributed by atoms with Gasteiger partial charge < -0.3 is 21.2 Å². The molecule has 2 aromatic carbocycles. The van der Waals surface area contributed by atoms with E-state index in [0.717, 1.165) is 44.2 Å². The van der Waals surface area contributed by atoms with Gasteiger partial charge in [-0.05, 0) is 54.8 Å². The third kappa shape index (κ3) is 2.59. The molecule has 0 saturated carbocycles. The summed E-state index contributed by atoms with van der Waals surface area (Å²) in [5, 5.41) is 9.87. The fourth-order valence-electron chi connectivity index (χ4n) is 2.83. The Hall–Kier alpha value is -3.02. The van der Waals surface area contributed by atoms with Crippen LogP contribution in [0, 0.1) is 13.8 Å². The molecule has 3 aromatic rings. The van der Waals surface area contributed by atoms with Crippen LogP contribution in [0.3, 0.4) is 0 Å². The normalized spacial score (nSPS) is 11.4. The van der Waals surface area contributed by atoms with Crippen LogP contribution in [0.15, 0.2) is 34.5 Å². The predicted octanol–water partition coefficient (Wildman–Crippen LogP) is 2.55. The van der Waals surface area contributed by atoms with E-state index in [2.05, 4.69) is 35.1 Å². The fourth-order valence-corrected chi connectivity index (χ4v) is 2.83. The van der Waals surface area contributed by atoms with Gasteiger partial charge >= 0.3 is 0 Å². The molecule has 0 atom stereocenters. The molecular formula is C17H19N5O. The summed E-state index contributed by atoms with van der Waals surface area (Å²) >= 11 is 0. The monoisotopic (exact) mass is 309 g/mol. The number of aryl methyl sites for hydroxylation is 2. The second-order valence-electron chi connectivity index (χ2n) is 5.46. The third-order valence-corrected chi connectivity index (χ3v) is 3.95. The summed E-state index contributed by atoms with van der Waals surface area (Å²) in [6, 6.07) is 8.08. The summed E-state index contributed by atoms with van der Waals surface area (Å²) in [4.78, 5) is 3.47. The molecule has 0 fully saturated rings. The Morgan fingerprint density at radius 3 is 2.70 bits per heavy atom. The second kappa shape index (κ2) is 5.64. The van der Waals surface area contributed by atoms with Crippen molar-refractivity contribution in [2.24, 2.45) is 21.7 Å².